The topological polar surface area (TPSA) is 46.2 Å². The molecule has 2 saturated heterocycles. The van der Waals surface area contributed by atoms with E-state index in [4.69, 9.17) is 0 Å². The lowest BCUT2D eigenvalue weighted by molar-refractivity contribution is 0.481. The van der Waals surface area contributed by atoms with Crippen molar-refractivity contribution in [3.05, 3.63) is 0 Å². The van der Waals surface area contributed by atoms with Crippen molar-refractivity contribution in [3.63, 3.8) is 0 Å². The van der Waals surface area contributed by atoms with Crippen LogP contribution in [0.5, 0.6) is 0 Å². The van der Waals surface area contributed by atoms with E-state index >= 15 is 0 Å². The highest BCUT2D eigenvalue weighted by Crippen LogP contribution is 2.26. The van der Waals surface area contributed by atoms with E-state index in [0.29, 0.717) is 22.8 Å². The lowest BCUT2D eigenvalue weighted by Gasteiger charge is -2.29. The smallest absolute Gasteiger partial charge is 0.151 e. The van der Waals surface area contributed by atoms with Gasteiger partial charge >= 0.3 is 0 Å². The number of hydrogen-bond donors (Lipinski definition) is 1. The number of nitrogens with one attached hydrogen (secondary N) is 1. The molecule has 3 nitrogen and oxygen atoms in total. The first-order valence-corrected chi connectivity index (χ1v) is 7.60. The van der Waals surface area contributed by atoms with E-state index in [0.717, 1.165) is 25.1 Å². The fraction of sp³-hybridized carbons (Fsp3) is 1.00. The first-order chi connectivity index (χ1) is 6.17. The van der Waals surface area contributed by atoms with Gasteiger partial charge in [0.2, 0.25) is 0 Å². The van der Waals surface area contributed by atoms with E-state index in [1.807, 2.05) is 11.8 Å². The van der Waals surface area contributed by atoms with Gasteiger partial charge in [0.25, 0.3) is 0 Å². The molecular formula is C8H15NO2S2. The number of thioether (sulfide) groups is 1. The van der Waals surface area contributed by atoms with E-state index in [-0.39, 0.29) is 0 Å². The van der Waals surface area contributed by atoms with E-state index in [9.17, 15) is 8.42 Å². The van der Waals surface area contributed by atoms with Crippen molar-refractivity contribution in [1.82, 2.24) is 5.32 Å². The van der Waals surface area contributed by atoms with Crippen molar-refractivity contribution < 1.29 is 8.42 Å². The number of rotatable bonds is 0. The highest BCUT2D eigenvalue weighted by molar-refractivity contribution is 8.01. The number of fused-ring (bicyclic) bond motifs is 1. The molecule has 0 aliphatic carbocycles. The third-order valence-electron chi connectivity index (χ3n) is 2.67. The molecule has 0 amide bonds. The second-order valence-electron chi connectivity index (χ2n) is 3.73. The fourth-order valence-corrected chi connectivity index (χ4v) is 5.53. The van der Waals surface area contributed by atoms with Crippen LogP contribution in [0.1, 0.15) is 12.8 Å². The Morgan fingerprint density at radius 1 is 1.38 bits per heavy atom. The van der Waals surface area contributed by atoms with Crippen LogP contribution in [0.2, 0.25) is 0 Å². The van der Waals surface area contributed by atoms with Crippen LogP contribution in [0.3, 0.4) is 0 Å². The average molecular weight is 221 g/mol. The van der Waals surface area contributed by atoms with Gasteiger partial charge in [-0.1, -0.05) is 0 Å². The molecule has 0 saturated carbocycles. The summed E-state index contributed by atoms with van der Waals surface area (Å²) in [5.41, 5.74) is 0. The molecule has 2 unspecified atom stereocenters. The summed E-state index contributed by atoms with van der Waals surface area (Å²) >= 11 is 1.83. The zero-order chi connectivity index (χ0) is 9.31. The first-order valence-electron chi connectivity index (χ1n) is 4.73. The van der Waals surface area contributed by atoms with E-state index in [1.54, 1.807) is 0 Å². The highest BCUT2D eigenvalue weighted by atomic mass is 32.2. The fourth-order valence-electron chi connectivity index (χ4n) is 1.93. The van der Waals surface area contributed by atoms with Crippen LogP contribution in [-0.2, 0) is 9.84 Å². The molecular weight excluding hydrogens is 206 g/mol. The van der Waals surface area contributed by atoms with Gasteiger partial charge in [0, 0.05) is 11.3 Å². The maximum Gasteiger partial charge on any atom is 0.151 e. The standard InChI is InChI=1S/C8H15NO2S2/c10-13(11)5-2-7-8(6-13)12-4-1-3-9-7/h7-9H,1-6H2. The quantitative estimate of drug-likeness (QED) is 0.638. The molecule has 0 spiro atoms. The Morgan fingerprint density at radius 2 is 2.23 bits per heavy atom. The number of hydrogen-bond acceptors (Lipinski definition) is 4. The van der Waals surface area contributed by atoms with Gasteiger partial charge in [-0.2, -0.15) is 11.8 Å². The molecule has 0 aromatic rings. The van der Waals surface area contributed by atoms with Gasteiger partial charge < -0.3 is 5.32 Å². The summed E-state index contributed by atoms with van der Waals surface area (Å²) in [4.78, 5) is 0. The minimum atomic E-state index is -2.73. The molecule has 2 heterocycles. The molecule has 0 bridgehead atoms. The molecule has 5 heteroatoms. The zero-order valence-corrected chi connectivity index (χ0v) is 9.16. The summed E-state index contributed by atoms with van der Waals surface area (Å²) in [5.74, 6) is 1.86. The molecule has 0 aromatic heterocycles. The van der Waals surface area contributed by atoms with Crippen LogP contribution in [0, 0.1) is 0 Å². The predicted octanol–water partition coefficient (Wildman–Crippen LogP) is 0.269. The average Bonchev–Trinajstić information content (AvgIpc) is 2.27. The molecule has 2 aliphatic heterocycles. The second-order valence-corrected chi connectivity index (χ2v) is 7.30. The van der Waals surface area contributed by atoms with Crippen molar-refractivity contribution in [2.24, 2.45) is 0 Å². The van der Waals surface area contributed by atoms with Crippen LogP contribution in [-0.4, -0.2) is 43.5 Å². The Balaban J connectivity index is 2.08. The van der Waals surface area contributed by atoms with Crippen molar-refractivity contribution in [2.75, 3.05) is 23.8 Å². The van der Waals surface area contributed by atoms with E-state index in [2.05, 4.69) is 5.32 Å². The minimum Gasteiger partial charge on any atom is -0.313 e. The predicted molar refractivity (Wildman–Crippen MR) is 55.9 cm³/mol. The lowest BCUT2D eigenvalue weighted by Crippen LogP contribution is -2.46. The molecule has 2 fully saturated rings. The Morgan fingerprint density at radius 3 is 3.08 bits per heavy atom. The Kier molecular flexibility index (Phi) is 2.86. The molecule has 0 radical (unpaired) electrons. The summed E-state index contributed by atoms with van der Waals surface area (Å²) in [6.07, 6.45) is 1.97. The molecule has 1 N–H and O–H groups in total. The van der Waals surface area contributed by atoms with Crippen LogP contribution >= 0.6 is 11.8 Å². The van der Waals surface area contributed by atoms with Crippen LogP contribution < -0.4 is 5.32 Å². The summed E-state index contributed by atoms with van der Waals surface area (Å²) in [6.45, 7) is 1.05. The van der Waals surface area contributed by atoms with E-state index in [1.165, 1.54) is 0 Å². The summed E-state index contributed by atoms with van der Waals surface area (Å²) in [6, 6.07) is 0.441. The Bertz CT molecular complexity index is 276. The van der Waals surface area contributed by atoms with Gasteiger partial charge in [-0.3, -0.25) is 0 Å². The molecule has 0 aromatic carbocycles. The third kappa shape index (κ3) is 2.39. The van der Waals surface area contributed by atoms with Crippen molar-refractivity contribution >= 4 is 21.6 Å². The monoisotopic (exact) mass is 221 g/mol. The molecule has 2 aliphatic rings. The third-order valence-corrected chi connectivity index (χ3v) is 6.05. The van der Waals surface area contributed by atoms with Gasteiger partial charge in [-0.05, 0) is 25.1 Å². The maximum absolute atomic E-state index is 11.4. The van der Waals surface area contributed by atoms with Gasteiger partial charge in [-0.15, -0.1) is 0 Å². The largest absolute Gasteiger partial charge is 0.313 e. The number of sulfone groups is 1. The van der Waals surface area contributed by atoms with Gasteiger partial charge in [-0.25, -0.2) is 8.42 Å². The van der Waals surface area contributed by atoms with Crippen molar-refractivity contribution in [1.29, 1.82) is 0 Å². The lowest BCUT2D eigenvalue weighted by atomic mass is 10.1. The second kappa shape index (κ2) is 3.79. The zero-order valence-electron chi connectivity index (χ0n) is 7.53. The van der Waals surface area contributed by atoms with Gasteiger partial charge in [0.15, 0.2) is 9.84 Å². The highest BCUT2D eigenvalue weighted by Gasteiger charge is 2.33. The first kappa shape index (κ1) is 9.80. The Hall–Kier alpha value is 0.260. The van der Waals surface area contributed by atoms with Crippen LogP contribution in [0.4, 0.5) is 0 Å². The van der Waals surface area contributed by atoms with Crippen LogP contribution in [0.15, 0.2) is 0 Å². The van der Waals surface area contributed by atoms with Gasteiger partial charge in [0.1, 0.15) is 0 Å². The molecule has 2 rings (SSSR count). The summed E-state index contributed by atoms with van der Waals surface area (Å²) < 4.78 is 22.8. The summed E-state index contributed by atoms with van der Waals surface area (Å²) in [7, 11) is -2.73. The van der Waals surface area contributed by atoms with Crippen molar-refractivity contribution in [3.8, 4) is 0 Å². The Labute approximate surface area is 83.6 Å². The molecule has 2 atom stereocenters. The molecule has 76 valence electrons. The van der Waals surface area contributed by atoms with Crippen LogP contribution in [0.25, 0.3) is 0 Å². The van der Waals surface area contributed by atoms with Crippen molar-refractivity contribution in [2.45, 2.75) is 24.1 Å². The maximum atomic E-state index is 11.4. The summed E-state index contributed by atoms with van der Waals surface area (Å²) in [5, 5.41) is 3.74. The minimum absolute atomic E-state index is 0.307. The molecule has 13 heavy (non-hydrogen) atoms. The SMILES string of the molecule is O=S1(=O)CCC2NCCCSC2C1. The van der Waals surface area contributed by atoms with Gasteiger partial charge in [0.05, 0.1) is 11.5 Å². The van der Waals surface area contributed by atoms with E-state index < -0.39 is 9.84 Å². The normalized spacial score (nSPS) is 39.1.